The summed E-state index contributed by atoms with van der Waals surface area (Å²) in [4.78, 5) is 0. The third-order valence-electron chi connectivity index (χ3n) is 3.84. The first-order valence-corrected chi connectivity index (χ1v) is 7.46. The molecule has 0 radical (unpaired) electrons. The molecule has 1 atom stereocenters. The maximum Gasteiger partial charge on any atom is 0.127 e. The van der Waals surface area contributed by atoms with Gasteiger partial charge in [-0.25, -0.2) is 4.39 Å². The van der Waals surface area contributed by atoms with E-state index in [0.29, 0.717) is 12.1 Å². The number of ether oxygens (including phenoxy) is 1. The fourth-order valence-electron chi connectivity index (χ4n) is 2.75. The lowest BCUT2D eigenvalue weighted by molar-refractivity contribution is 0.254. The SMILES string of the molecule is CCNCc1cc(-c2ccc3c(c2)CC(C)O3)ccc1F. The maximum atomic E-state index is 13.8. The second kappa shape index (κ2) is 5.86. The normalized spacial score (nSPS) is 16.6. The van der Waals surface area contributed by atoms with Crippen LogP contribution in [0.25, 0.3) is 11.1 Å². The van der Waals surface area contributed by atoms with Crippen molar-refractivity contribution in [2.75, 3.05) is 6.54 Å². The van der Waals surface area contributed by atoms with E-state index in [2.05, 4.69) is 18.3 Å². The Morgan fingerprint density at radius 2 is 1.95 bits per heavy atom. The predicted octanol–water partition coefficient (Wildman–Crippen LogP) is 3.93. The molecule has 21 heavy (non-hydrogen) atoms. The van der Waals surface area contributed by atoms with Crippen LogP contribution < -0.4 is 10.1 Å². The van der Waals surface area contributed by atoms with E-state index in [1.54, 1.807) is 6.07 Å². The molecule has 3 rings (SSSR count). The molecular weight excluding hydrogens is 265 g/mol. The molecule has 0 spiro atoms. The molecule has 0 saturated heterocycles. The Kier molecular flexibility index (Phi) is 3.93. The van der Waals surface area contributed by atoms with E-state index in [-0.39, 0.29) is 11.9 Å². The zero-order valence-electron chi connectivity index (χ0n) is 12.4. The number of benzene rings is 2. The van der Waals surface area contributed by atoms with Gasteiger partial charge in [0.1, 0.15) is 17.7 Å². The van der Waals surface area contributed by atoms with Crippen molar-refractivity contribution >= 4 is 0 Å². The van der Waals surface area contributed by atoms with Crippen molar-refractivity contribution in [1.82, 2.24) is 5.32 Å². The van der Waals surface area contributed by atoms with Crippen LogP contribution in [0.2, 0.25) is 0 Å². The fourth-order valence-corrected chi connectivity index (χ4v) is 2.75. The molecule has 1 heterocycles. The minimum absolute atomic E-state index is 0.155. The Hall–Kier alpha value is -1.87. The summed E-state index contributed by atoms with van der Waals surface area (Å²) in [5.41, 5.74) is 4.10. The van der Waals surface area contributed by atoms with Crippen LogP contribution in [0.3, 0.4) is 0 Å². The quantitative estimate of drug-likeness (QED) is 0.919. The van der Waals surface area contributed by atoms with Gasteiger partial charge in [0.15, 0.2) is 0 Å². The van der Waals surface area contributed by atoms with Crippen molar-refractivity contribution in [2.45, 2.75) is 32.9 Å². The molecule has 3 heteroatoms. The molecule has 1 N–H and O–H groups in total. The highest BCUT2D eigenvalue weighted by atomic mass is 19.1. The van der Waals surface area contributed by atoms with Gasteiger partial charge >= 0.3 is 0 Å². The van der Waals surface area contributed by atoms with E-state index in [1.807, 2.05) is 31.2 Å². The van der Waals surface area contributed by atoms with Crippen LogP contribution in [0.1, 0.15) is 25.0 Å². The van der Waals surface area contributed by atoms with Gasteiger partial charge < -0.3 is 10.1 Å². The van der Waals surface area contributed by atoms with Crippen molar-refractivity contribution in [3.63, 3.8) is 0 Å². The Bertz CT molecular complexity index is 654. The third kappa shape index (κ3) is 2.93. The Morgan fingerprint density at radius 3 is 2.76 bits per heavy atom. The lowest BCUT2D eigenvalue weighted by Gasteiger charge is -2.09. The van der Waals surface area contributed by atoms with E-state index >= 15 is 0 Å². The van der Waals surface area contributed by atoms with Crippen LogP contribution >= 0.6 is 0 Å². The van der Waals surface area contributed by atoms with Crippen molar-refractivity contribution in [3.8, 4) is 16.9 Å². The van der Waals surface area contributed by atoms with Gasteiger partial charge in [0.2, 0.25) is 0 Å². The monoisotopic (exact) mass is 285 g/mol. The smallest absolute Gasteiger partial charge is 0.127 e. The molecular formula is C18H20FNO. The van der Waals surface area contributed by atoms with E-state index in [1.165, 1.54) is 5.56 Å². The van der Waals surface area contributed by atoms with E-state index in [4.69, 9.17) is 4.74 Å². The van der Waals surface area contributed by atoms with Crippen LogP contribution in [-0.2, 0) is 13.0 Å². The molecule has 0 saturated carbocycles. The summed E-state index contributed by atoms with van der Waals surface area (Å²) in [7, 11) is 0. The molecule has 0 fully saturated rings. The standard InChI is InChI=1S/C18H20FNO/c1-3-20-11-16-10-13(4-6-17(16)19)14-5-7-18-15(9-14)8-12(2)21-18/h4-7,9-10,12,20H,3,8,11H2,1-2H3. The molecule has 110 valence electrons. The minimum atomic E-state index is -0.155. The van der Waals surface area contributed by atoms with Gasteiger partial charge in [0, 0.05) is 18.5 Å². The highest BCUT2D eigenvalue weighted by Crippen LogP contribution is 2.33. The van der Waals surface area contributed by atoms with Gasteiger partial charge in [-0.2, -0.15) is 0 Å². The molecule has 2 aromatic carbocycles. The molecule has 0 bridgehead atoms. The fraction of sp³-hybridized carbons (Fsp3) is 0.333. The second-order valence-electron chi connectivity index (χ2n) is 5.54. The summed E-state index contributed by atoms with van der Waals surface area (Å²) in [5.74, 6) is 0.819. The molecule has 1 aliphatic rings. The average molecular weight is 285 g/mol. The third-order valence-corrected chi connectivity index (χ3v) is 3.84. The summed E-state index contributed by atoms with van der Waals surface area (Å²) < 4.78 is 19.5. The molecule has 2 nitrogen and oxygen atoms in total. The number of nitrogens with one attached hydrogen (secondary N) is 1. The number of hydrogen-bond donors (Lipinski definition) is 1. The number of halogens is 1. The van der Waals surface area contributed by atoms with Crippen LogP contribution in [0.5, 0.6) is 5.75 Å². The van der Waals surface area contributed by atoms with Gasteiger partial charge in [-0.3, -0.25) is 0 Å². The van der Waals surface area contributed by atoms with Crippen LogP contribution in [0.4, 0.5) is 4.39 Å². The molecule has 0 aliphatic carbocycles. The Labute approximate surface area is 125 Å². The number of hydrogen-bond acceptors (Lipinski definition) is 2. The summed E-state index contributed by atoms with van der Waals surface area (Å²) in [5, 5.41) is 3.17. The molecule has 0 aromatic heterocycles. The zero-order valence-corrected chi connectivity index (χ0v) is 12.4. The largest absolute Gasteiger partial charge is 0.490 e. The van der Waals surface area contributed by atoms with Crippen LogP contribution in [-0.4, -0.2) is 12.6 Å². The van der Waals surface area contributed by atoms with Crippen LogP contribution in [0.15, 0.2) is 36.4 Å². The number of fused-ring (bicyclic) bond motifs is 1. The van der Waals surface area contributed by atoms with Crippen LogP contribution in [0, 0.1) is 5.82 Å². The van der Waals surface area contributed by atoms with Crippen molar-refractivity contribution in [2.24, 2.45) is 0 Å². The van der Waals surface area contributed by atoms with Gasteiger partial charge in [-0.05, 0) is 54.4 Å². The highest BCUT2D eigenvalue weighted by Gasteiger charge is 2.19. The average Bonchev–Trinajstić information content (AvgIpc) is 2.85. The van der Waals surface area contributed by atoms with Gasteiger partial charge in [0.05, 0.1) is 0 Å². The Balaban J connectivity index is 1.92. The topological polar surface area (TPSA) is 21.3 Å². The summed E-state index contributed by atoms with van der Waals surface area (Å²) in [6, 6.07) is 11.5. The van der Waals surface area contributed by atoms with Crippen molar-refractivity contribution in [3.05, 3.63) is 53.3 Å². The Morgan fingerprint density at radius 1 is 1.19 bits per heavy atom. The van der Waals surface area contributed by atoms with E-state index in [0.717, 1.165) is 29.8 Å². The summed E-state index contributed by atoms with van der Waals surface area (Å²) in [6.07, 6.45) is 1.18. The zero-order chi connectivity index (χ0) is 14.8. The maximum absolute atomic E-state index is 13.8. The lowest BCUT2D eigenvalue weighted by atomic mass is 9.99. The van der Waals surface area contributed by atoms with Crippen molar-refractivity contribution in [1.29, 1.82) is 0 Å². The highest BCUT2D eigenvalue weighted by molar-refractivity contribution is 5.67. The molecule has 0 amide bonds. The molecule has 1 unspecified atom stereocenters. The summed E-state index contributed by atoms with van der Waals surface area (Å²) in [6.45, 7) is 5.48. The minimum Gasteiger partial charge on any atom is -0.490 e. The predicted molar refractivity (Wildman–Crippen MR) is 83.0 cm³/mol. The first-order valence-electron chi connectivity index (χ1n) is 7.46. The number of rotatable bonds is 4. The molecule has 1 aliphatic heterocycles. The van der Waals surface area contributed by atoms with E-state index < -0.39 is 0 Å². The summed E-state index contributed by atoms with van der Waals surface area (Å²) >= 11 is 0. The first kappa shape index (κ1) is 14.1. The van der Waals surface area contributed by atoms with Crippen molar-refractivity contribution < 1.29 is 9.13 Å². The van der Waals surface area contributed by atoms with Gasteiger partial charge in [-0.1, -0.05) is 19.1 Å². The second-order valence-corrected chi connectivity index (χ2v) is 5.54. The molecule has 2 aromatic rings. The first-order chi connectivity index (χ1) is 10.2. The van der Waals surface area contributed by atoms with Gasteiger partial charge in [-0.15, -0.1) is 0 Å². The van der Waals surface area contributed by atoms with E-state index in [9.17, 15) is 4.39 Å². The van der Waals surface area contributed by atoms with Gasteiger partial charge in [0.25, 0.3) is 0 Å². The lowest BCUT2D eigenvalue weighted by Crippen LogP contribution is -2.12.